The van der Waals surface area contributed by atoms with Crippen molar-refractivity contribution in [2.24, 2.45) is 0 Å². The van der Waals surface area contributed by atoms with E-state index in [1.54, 1.807) is 18.2 Å². The van der Waals surface area contributed by atoms with Gasteiger partial charge >= 0.3 is 12.1 Å². The lowest BCUT2D eigenvalue weighted by molar-refractivity contribution is -0.138. The quantitative estimate of drug-likeness (QED) is 0.228. The van der Waals surface area contributed by atoms with Gasteiger partial charge in [-0.15, -0.1) is 6.54 Å². The molecule has 0 aliphatic heterocycles. The van der Waals surface area contributed by atoms with Gasteiger partial charge in [0.15, 0.2) is 0 Å². The fraction of sp³-hybridized carbons (Fsp3) is 0.0909. The molecule has 0 unspecified atom stereocenters. The Hall–Kier alpha value is -2.79. The number of nitrogens with zero attached hydrogens (tertiary/aromatic N) is 1. The third kappa shape index (κ3) is 6.01. The van der Waals surface area contributed by atoms with Crippen molar-refractivity contribution in [1.82, 2.24) is 9.97 Å². The predicted molar refractivity (Wildman–Crippen MR) is 130 cm³/mol. The molecule has 0 atom stereocenters. The fourth-order valence-corrected chi connectivity index (χ4v) is 3.99. The summed E-state index contributed by atoms with van der Waals surface area (Å²) in [5.74, 6) is -0.603. The van der Waals surface area contributed by atoms with E-state index >= 15 is 0 Å². The van der Waals surface area contributed by atoms with Gasteiger partial charge in [-0.25, -0.2) is 9.78 Å². The van der Waals surface area contributed by atoms with Crippen molar-refractivity contribution >= 4 is 67.8 Å². The van der Waals surface area contributed by atoms with Crippen molar-refractivity contribution < 1.29 is 23.1 Å². The third-order valence-electron chi connectivity index (χ3n) is 4.51. The van der Waals surface area contributed by atoms with Gasteiger partial charge in [0.25, 0.3) is 0 Å². The number of hydrogen-bond donors (Lipinski definition) is 3. The molecule has 178 valence electrons. The molecule has 3 aromatic carbocycles. The summed E-state index contributed by atoms with van der Waals surface area (Å²) in [5.41, 5.74) is 8.05. The van der Waals surface area contributed by atoms with E-state index in [4.69, 9.17) is 34.0 Å². The number of aromatic carboxylic acids is 1. The lowest BCUT2D eigenvalue weighted by Gasteiger charge is -2.12. The lowest BCUT2D eigenvalue weighted by atomic mass is 10.1. The summed E-state index contributed by atoms with van der Waals surface area (Å²) < 4.78 is 37.0. The Balaban J connectivity index is 0.000000229. The number of hydrogen-bond acceptors (Lipinski definition) is 3. The van der Waals surface area contributed by atoms with E-state index in [2.05, 4.69) is 31.2 Å². The highest BCUT2D eigenvalue weighted by molar-refractivity contribution is 9.10. The molecule has 6 nitrogen and oxygen atoms in total. The number of aromatic amines is 1. The van der Waals surface area contributed by atoms with Crippen LogP contribution in [-0.4, -0.2) is 21.0 Å². The molecular weight excluding hydrogens is 560 g/mol. The summed E-state index contributed by atoms with van der Waals surface area (Å²) >= 11 is 15.5. The first kappa shape index (κ1) is 25.8. The number of alkyl halides is 3. The molecule has 0 fully saturated rings. The highest BCUT2D eigenvalue weighted by Gasteiger charge is 2.31. The van der Waals surface area contributed by atoms with Crippen LogP contribution in [0.2, 0.25) is 10.0 Å². The van der Waals surface area contributed by atoms with Crippen LogP contribution >= 0.6 is 39.1 Å². The zero-order valence-electron chi connectivity index (χ0n) is 17.0. The number of carbonyl (C=O) groups is 1. The van der Waals surface area contributed by atoms with E-state index in [0.29, 0.717) is 37.2 Å². The molecule has 0 amide bonds. The number of imidazole rings is 1. The van der Waals surface area contributed by atoms with Crippen LogP contribution in [0, 0.1) is 0 Å². The number of H-pyrrole nitrogens is 1. The van der Waals surface area contributed by atoms with E-state index in [9.17, 15) is 18.0 Å². The molecule has 4 aromatic rings. The zero-order valence-corrected chi connectivity index (χ0v) is 20.1. The van der Waals surface area contributed by atoms with Gasteiger partial charge in [-0.2, -0.15) is 13.2 Å². The lowest BCUT2D eigenvalue weighted by Crippen LogP contribution is -2.07. The molecule has 0 radical (unpaired) electrons. The maximum Gasteiger partial charge on any atom is 0.416 e. The average molecular weight is 575 g/mol. The first-order valence-corrected chi connectivity index (χ1v) is 11.0. The minimum absolute atomic E-state index is 0.0185. The van der Waals surface area contributed by atoms with Gasteiger partial charge in [0.1, 0.15) is 5.52 Å². The van der Waals surface area contributed by atoms with Crippen LogP contribution in [0.4, 0.5) is 24.8 Å². The maximum atomic E-state index is 12.2. The molecule has 0 aliphatic carbocycles. The van der Waals surface area contributed by atoms with Gasteiger partial charge in [0.2, 0.25) is 5.95 Å². The fourth-order valence-electron chi connectivity index (χ4n) is 2.94. The minimum atomic E-state index is -4.34. The molecular formula is C22H15BrCl2F3N4O2-. The molecule has 0 spiro atoms. The van der Waals surface area contributed by atoms with E-state index in [0.717, 1.165) is 6.07 Å². The molecule has 0 saturated carbocycles. The molecule has 4 N–H and O–H groups in total. The van der Waals surface area contributed by atoms with Gasteiger partial charge in [-0.1, -0.05) is 53.0 Å². The SMILES string of the molecule is O=C(O)c1cc(Br)c2nc(Nc3c(Cl)cccc3Cl)[nH]c2c1.[NH-]Cc1ccccc1C(F)(F)F. The number of halogens is 6. The normalized spacial score (nSPS) is 11.1. The molecule has 0 saturated heterocycles. The topological polar surface area (TPSA) is 102 Å². The second kappa shape index (κ2) is 10.6. The Morgan fingerprint density at radius 2 is 1.76 bits per heavy atom. The van der Waals surface area contributed by atoms with Crippen molar-refractivity contribution in [2.45, 2.75) is 12.7 Å². The van der Waals surface area contributed by atoms with E-state index in [-0.39, 0.29) is 17.7 Å². The summed E-state index contributed by atoms with van der Waals surface area (Å²) in [6, 6.07) is 13.3. The number of carboxylic acids is 1. The summed E-state index contributed by atoms with van der Waals surface area (Å²) in [6.45, 7) is -0.338. The van der Waals surface area contributed by atoms with Gasteiger partial charge in [0, 0.05) is 4.47 Å². The number of nitrogens with one attached hydrogen (secondary N) is 3. The molecule has 0 bridgehead atoms. The van der Waals surface area contributed by atoms with Gasteiger partial charge in [0.05, 0.1) is 32.4 Å². The first-order chi connectivity index (χ1) is 16.0. The molecule has 0 aliphatic rings. The second-order valence-electron chi connectivity index (χ2n) is 6.80. The van der Waals surface area contributed by atoms with Crippen LogP contribution in [0.25, 0.3) is 16.8 Å². The van der Waals surface area contributed by atoms with E-state index in [1.807, 2.05) is 0 Å². The monoisotopic (exact) mass is 573 g/mol. The number of anilines is 2. The van der Waals surface area contributed by atoms with Crippen LogP contribution in [0.3, 0.4) is 0 Å². The van der Waals surface area contributed by atoms with Crippen molar-refractivity contribution in [3.63, 3.8) is 0 Å². The van der Waals surface area contributed by atoms with Crippen LogP contribution in [0.1, 0.15) is 21.5 Å². The van der Waals surface area contributed by atoms with Crippen LogP contribution in [-0.2, 0) is 12.7 Å². The largest absolute Gasteiger partial charge is 0.674 e. The van der Waals surface area contributed by atoms with Crippen LogP contribution in [0.15, 0.2) is 59.1 Å². The number of aromatic nitrogens is 2. The van der Waals surface area contributed by atoms with Gasteiger partial charge in [-0.05, 0) is 46.3 Å². The van der Waals surface area contributed by atoms with E-state index in [1.165, 1.54) is 30.3 Å². The highest BCUT2D eigenvalue weighted by Crippen LogP contribution is 2.34. The smallest absolute Gasteiger partial charge is 0.416 e. The Morgan fingerprint density at radius 1 is 1.12 bits per heavy atom. The Bertz CT molecular complexity index is 1330. The zero-order chi connectivity index (χ0) is 25.0. The summed E-state index contributed by atoms with van der Waals surface area (Å²) in [4.78, 5) is 18.4. The molecule has 1 aromatic heterocycles. The maximum absolute atomic E-state index is 12.2. The van der Waals surface area contributed by atoms with E-state index < -0.39 is 17.7 Å². The molecule has 12 heteroatoms. The van der Waals surface area contributed by atoms with Crippen molar-refractivity contribution in [1.29, 1.82) is 0 Å². The number of benzene rings is 3. The number of fused-ring (bicyclic) bond motifs is 1. The van der Waals surface area contributed by atoms with Crippen LogP contribution < -0.4 is 5.32 Å². The molecule has 34 heavy (non-hydrogen) atoms. The minimum Gasteiger partial charge on any atom is -0.674 e. The average Bonchev–Trinajstić information content (AvgIpc) is 3.19. The number of rotatable bonds is 4. The van der Waals surface area contributed by atoms with Crippen molar-refractivity contribution in [3.05, 3.63) is 91.5 Å². The standard InChI is InChI=1S/C14H8BrCl2N3O2.C8H7F3N/c15-7-4-6(13(21)22)5-10-11(7)19-14(18-10)20-12-8(16)2-1-3-9(12)17;9-8(10,11)7-4-2-1-3-6(7)5-12/h1-5H,(H,21,22)(H2,18,19,20);1-4,12H,5H2/q;-1. The summed E-state index contributed by atoms with van der Waals surface area (Å²) in [5, 5.41) is 13.0. The summed E-state index contributed by atoms with van der Waals surface area (Å²) in [7, 11) is 0. The third-order valence-corrected chi connectivity index (χ3v) is 5.74. The van der Waals surface area contributed by atoms with Gasteiger partial charge < -0.3 is 21.1 Å². The highest BCUT2D eigenvalue weighted by atomic mass is 79.9. The Kier molecular flexibility index (Phi) is 8.09. The summed E-state index contributed by atoms with van der Waals surface area (Å²) in [6.07, 6.45) is -4.34. The second-order valence-corrected chi connectivity index (χ2v) is 8.47. The first-order valence-electron chi connectivity index (χ1n) is 9.44. The van der Waals surface area contributed by atoms with Crippen LogP contribution in [0.5, 0.6) is 0 Å². The number of carboxylic acid groups (broad SMARTS) is 1. The van der Waals surface area contributed by atoms with Crippen molar-refractivity contribution in [3.8, 4) is 0 Å². The Labute approximate surface area is 210 Å². The Morgan fingerprint density at radius 3 is 2.32 bits per heavy atom. The van der Waals surface area contributed by atoms with Gasteiger partial charge in [-0.3, -0.25) is 0 Å². The molecule has 4 rings (SSSR count). The predicted octanol–water partition coefficient (Wildman–Crippen LogP) is 8.33. The molecule has 1 heterocycles. The van der Waals surface area contributed by atoms with Crippen molar-refractivity contribution in [2.75, 3.05) is 5.32 Å². The number of para-hydroxylation sites is 1.